The maximum Gasteiger partial charge on any atom is 0.238 e. The van der Waals surface area contributed by atoms with Gasteiger partial charge in [0, 0.05) is 37.8 Å². The van der Waals surface area contributed by atoms with Crippen LogP contribution in [0.2, 0.25) is 0 Å². The molecule has 0 aromatic carbocycles. The number of hydrogen-bond donors (Lipinski definition) is 2. The molecule has 0 saturated carbocycles. The third-order valence-corrected chi connectivity index (χ3v) is 4.27. The zero-order chi connectivity index (χ0) is 12.8. The summed E-state index contributed by atoms with van der Waals surface area (Å²) in [6, 6.07) is 0.00517. The smallest absolute Gasteiger partial charge is 0.238 e. The van der Waals surface area contributed by atoms with Crippen LogP contribution in [0.4, 0.5) is 0 Å². The van der Waals surface area contributed by atoms with E-state index >= 15 is 0 Å². The zero-order valence-corrected chi connectivity index (χ0v) is 11.8. The van der Waals surface area contributed by atoms with Crippen LogP contribution in [-0.2, 0) is 9.53 Å². The summed E-state index contributed by atoms with van der Waals surface area (Å²) in [6.45, 7) is 7.69. The Hall–Kier alpha value is -0.300. The molecule has 6 heteroatoms. The fourth-order valence-electron chi connectivity index (χ4n) is 2.25. The lowest BCUT2D eigenvalue weighted by Gasteiger charge is -2.29. The molecule has 2 aliphatic rings. The molecular weight excluding hydrogens is 250 g/mol. The monoisotopic (exact) mass is 273 g/mol. The van der Waals surface area contributed by atoms with Crippen molar-refractivity contribution in [3.05, 3.63) is 0 Å². The van der Waals surface area contributed by atoms with Crippen molar-refractivity contribution in [1.29, 1.82) is 0 Å². The Morgan fingerprint density at radius 1 is 1.56 bits per heavy atom. The molecule has 2 aliphatic heterocycles. The SMILES string of the molecule is CC(CNC(=O)C1CSCN1)CN1CCOCC1. The molecule has 0 aromatic heterocycles. The summed E-state index contributed by atoms with van der Waals surface area (Å²) in [6.07, 6.45) is 0. The predicted octanol–water partition coefficient (Wildman–Crippen LogP) is -0.267. The third-order valence-electron chi connectivity index (χ3n) is 3.33. The standard InChI is InChI=1S/C12H23N3O2S/c1-10(7-15-2-4-17-5-3-15)6-13-12(16)11-8-18-9-14-11/h10-11,14H,2-9H2,1H3,(H,13,16). The molecule has 0 spiro atoms. The molecule has 2 saturated heterocycles. The van der Waals surface area contributed by atoms with Gasteiger partial charge in [0.25, 0.3) is 0 Å². The summed E-state index contributed by atoms with van der Waals surface area (Å²) >= 11 is 1.78. The lowest BCUT2D eigenvalue weighted by molar-refractivity contribution is -0.122. The highest BCUT2D eigenvalue weighted by atomic mass is 32.2. The molecule has 104 valence electrons. The van der Waals surface area contributed by atoms with Gasteiger partial charge in [-0.1, -0.05) is 6.92 Å². The lowest BCUT2D eigenvalue weighted by Crippen LogP contribution is -2.45. The van der Waals surface area contributed by atoms with Crippen LogP contribution in [-0.4, -0.2) is 67.9 Å². The second-order valence-corrected chi connectivity index (χ2v) is 6.07. The number of carbonyl (C=O) groups is 1. The number of rotatable bonds is 5. The van der Waals surface area contributed by atoms with Crippen LogP contribution >= 0.6 is 11.8 Å². The average molecular weight is 273 g/mol. The maximum absolute atomic E-state index is 11.8. The number of carbonyl (C=O) groups excluding carboxylic acids is 1. The average Bonchev–Trinajstić information content (AvgIpc) is 2.91. The summed E-state index contributed by atoms with van der Waals surface area (Å²) in [5.41, 5.74) is 0. The maximum atomic E-state index is 11.8. The van der Waals surface area contributed by atoms with E-state index in [9.17, 15) is 4.79 Å². The minimum Gasteiger partial charge on any atom is -0.379 e. The van der Waals surface area contributed by atoms with Crippen LogP contribution in [0.15, 0.2) is 0 Å². The van der Waals surface area contributed by atoms with Crippen LogP contribution in [0, 0.1) is 5.92 Å². The van der Waals surface area contributed by atoms with Gasteiger partial charge in [-0.15, -0.1) is 11.8 Å². The van der Waals surface area contributed by atoms with Crippen LogP contribution in [0.1, 0.15) is 6.92 Å². The van der Waals surface area contributed by atoms with Gasteiger partial charge >= 0.3 is 0 Å². The van der Waals surface area contributed by atoms with Gasteiger partial charge in [-0.05, 0) is 5.92 Å². The van der Waals surface area contributed by atoms with E-state index in [-0.39, 0.29) is 11.9 Å². The van der Waals surface area contributed by atoms with Crippen LogP contribution in [0.25, 0.3) is 0 Å². The van der Waals surface area contributed by atoms with Crippen molar-refractivity contribution in [3.63, 3.8) is 0 Å². The van der Waals surface area contributed by atoms with Gasteiger partial charge in [-0.2, -0.15) is 0 Å². The number of morpholine rings is 1. The molecule has 2 unspecified atom stereocenters. The molecule has 2 atom stereocenters. The number of nitrogens with zero attached hydrogens (tertiary/aromatic N) is 1. The summed E-state index contributed by atoms with van der Waals surface area (Å²) in [7, 11) is 0. The highest BCUT2D eigenvalue weighted by molar-refractivity contribution is 7.99. The Bertz CT molecular complexity index is 266. The van der Waals surface area contributed by atoms with E-state index in [0.717, 1.165) is 51.0 Å². The van der Waals surface area contributed by atoms with E-state index < -0.39 is 0 Å². The molecule has 2 N–H and O–H groups in total. The molecule has 2 heterocycles. The summed E-state index contributed by atoms with van der Waals surface area (Å²) in [4.78, 5) is 14.2. The van der Waals surface area contributed by atoms with Crippen molar-refractivity contribution in [1.82, 2.24) is 15.5 Å². The second kappa shape index (κ2) is 7.33. The first-order valence-electron chi connectivity index (χ1n) is 6.64. The van der Waals surface area contributed by atoms with Crippen LogP contribution < -0.4 is 10.6 Å². The van der Waals surface area contributed by atoms with Gasteiger partial charge in [0.15, 0.2) is 0 Å². The second-order valence-electron chi connectivity index (χ2n) is 5.04. The van der Waals surface area contributed by atoms with E-state index in [1.54, 1.807) is 11.8 Å². The molecule has 5 nitrogen and oxygen atoms in total. The van der Waals surface area contributed by atoms with E-state index in [1.165, 1.54) is 0 Å². The first kappa shape index (κ1) is 14.1. The predicted molar refractivity (Wildman–Crippen MR) is 73.7 cm³/mol. The van der Waals surface area contributed by atoms with Gasteiger partial charge in [0.2, 0.25) is 5.91 Å². The van der Waals surface area contributed by atoms with Crippen molar-refractivity contribution in [2.24, 2.45) is 5.92 Å². The highest BCUT2D eigenvalue weighted by Gasteiger charge is 2.22. The third kappa shape index (κ3) is 4.42. The molecule has 2 rings (SSSR count). The minimum atomic E-state index is 0.00517. The Labute approximate surface area is 113 Å². The van der Waals surface area contributed by atoms with Gasteiger partial charge in [0.05, 0.1) is 19.3 Å². The Morgan fingerprint density at radius 3 is 3.00 bits per heavy atom. The number of hydrogen-bond acceptors (Lipinski definition) is 5. The van der Waals surface area contributed by atoms with Crippen molar-refractivity contribution in [3.8, 4) is 0 Å². The van der Waals surface area contributed by atoms with Crippen molar-refractivity contribution < 1.29 is 9.53 Å². The quantitative estimate of drug-likeness (QED) is 0.722. The summed E-state index contributed by atoms with van der Waals surface area (Å²) in [5.74, 6) is 2.42. The number of ether oxygens (including phenoxy) is 1. The van der Waals surface area contributed by atoms with E-state index in [1.807, 2.05) is 0 Å². The molecule has 0 radical (unpaired) electrons. The van der Waals surface area contributed by atoms with Gasteiger partial charge in [0.1, 0.15) is 0 Å². The Balaban J connectivity index is 1.61. The molecule has 18 heavy (non-hydrogen) atoms. The summed E-state index contributed by atoms with van der Waals surface area (Å²) < 4.78 is 5.32. The number of amides is 1. The lowest BCUT2D eigenvalue weighted by atomic mass is 10.1. The van der Waals surface area contributed by atoms with Crippen molar-refractivity contribution in [2.45, 2.75) is 13.0 Å². The first-order valence-corrected chi connectivity index (χ1v) is 7.80. The molecule has 1 amide bonds. The largest absolute Gasteiger partial charge is 0.379 e. The molecule has 2 fully saturated rings. The fourth-order valence-corrected chi connectivity index (χ4v) is 3.19. The Kier molecular flexibility index (Phi) is 5.75. The fraction of sp³-hybridized carbons (Fsp3) is 0.917. The van der Waals surface area contributed by atoms with Gasteiger partial charge in [-0.25, -0.2) is 0 Å². The number of nitrogens with one attached hydrogen (secondary N) is 2. The van der Waals surface area contributed by atoms with Crippen molar-refractivity contribution >= 4 is 17.7 Å². The first-order chi connectivity index (χ1) is 8.75. The highest BCUT2D eigenvalue weighted by Crippen LogP contribution is 2.09. The van der Waals surface area contributed by atoms with Crippen molar-refractivity contribution in [2.75, 3.05) is 51.0 Å². The Morgan fingerprint density at radius 2 is 2.33 bits per heavy atom. The van der Waals surface area contributed by atoms with Crippen LogP contribution in [0.3, 0.4) is 0 Å². The number of thioether (sulfide) groups is 1. The van der Waals surface area contributed by atoms with Gasteiger partial charge in [-0.3, -0.25) is 15.0 Å². The van der Waals surface area contributed by atoms with Crippen LogP contribution in [0.5, 0.6) is 0 Å². The minimum absolute atomic E-state index is 0.00517. The van der Waals surface area contributed by atoms with Gasteiger partial charge < -0.3 is 10.1 Å². The molecule has 0 aromatic rings. The molecular formula is C12H23N3O2S. The van der Waals surface area contributed by atoms with E-state index in [2.05, 4.69) is 22.5 Å². The van der Waals surface area contributed by atoms with E-state index in [4.69, 9.17) is 4.74 Å². The normalized spacial score (nSPS) is 27.1. The topological polar surface area (TPSA) is 53.6 Å². The zero-order valence-electron chi connectivity index (χ0n) is 11.0. The molecule has 0 bridgehead atoms. The summed E-state index contributed by atoms with van der Waals surface area (Å²) in [5, 5.41) is 6.23. The molecule has 0 aliphatic carbocycles. The van der Waals surface area contributed by atoms with E-state index in [0.29, 0.717) is 5.92 Å².